The molecule has 6 aromatic rings. The second-order valence-corrected chi connectivity index (χ2v) is 14.5. The lowest BCUT2D eigenvalue weighted by atomic mass is 9.61. The average molecular weight is 629 g/mol. The lowest BCUT2D eigenvalue weighted by Crippen LogP contribution is -2.41. The Balaban J connectivity index is 1.35. The Bertz CT molecular complexity index is 2360. The smallest absolute Gasteiger partial charge is 0.268 e. The largest absolute Gasteiger partial charge is 0.331 e. The second kappa shape index (κ2) is 10.6. The van der Waals surface area contributed by atoms with Crippen molar-refractivity contribution in [3.63, 3.8) is 0 Å². The van der Waals surface area contributed by atoms with Crippen molar-refractivity contribution in [3.8, 4) is 0 Å². The van der Waals surface area contributed by atoms with Crippen LogP contribution in [0.2, 0.25) is 0 Å². The van der Waals surface area contributed by atoms with Gasteiger partial charge in [-0.2, -0.15) is 0 Å². The molecule has 0 saturated carbocycles. The molecule has 2 heterocycles. The van der Waals surface area contributed by atoms with Crippen LogP contribution in [0.1, 0.15) is 51.3 Å². The maximum Gasteiger partial charge on any atom is 0.268 e. The highest BCUT2D eigenvalue weighted by Gasteiger charge is 2.51. The van der Waals surface area contributed by atoms with Crippen LogP contribution in [0.3, 0.4) is 0 Å². The minimum atomic E-state index is -3.97. The number of sulfonamides is 1. The highest BCUT2D eigenvalue weighted by atomic mass is 32.2. The number of benzene rings is 6. The van der Waals surface area contributed by atoms with Crippen molar-refractivity contribution in [1.29, 1.82) is 0 Å². The number of nitrogens with zero attached hydrogens (tertiary/aromatic N) is 2. The summed E-state index contributed by atoms with van der Waals surface area (Å²) in [7, 11) is -3.97. The van der Waals surface area contributed by atoms with Gasteiger partial charge in [0.2, 0.25) is 0 Å². The van der Waals surface area contributed by atoms with E-state index in [9.17, 15) is 8.42 Å². The van der Waals surface area contributed by atoms with E-state index in [1.807, 2.05) is 61.7 Å². The van der Waals surface area contributed by atoms with Crippen molar-refractivity contribution in [3.05, 3.63) is 191 Å². The van der Waals surface area contributed by atoms with Crippen molar-refractivity contribution in [2.24, 2.45) is 0 Å². The first-order valence-corrected chi connectivity index (χ1v) is 17.5. The van der Waals surface area contributed by atoms with E-state index < -0.39 is 10.0 Å². The van der Waals surface area contributed by atoms with Gasteiger partial charge in [0, 0.05) is 29.3 Å². The van der Waals surface area contributed by atoms with Crippen molar-refractivity contribution in [1.82, 2.24) is 4.90 Å². The molecule has 0 radical (unpaired) electrons. The summed E-state index contributed by atoms with van der Waals surface area (Å²) in [6, 6.07) is 49.1. The van der Waals surface area contributed by atoms with E-state index in [1.165, 1.54) is 26.2 Å². The topological polar surface area (TPSA) is 40.6 Å². The molecule has 0 aromatic heterocycles. The summed E-state index contributed by atoms with van der Waals surface area (Å²) in [6.07, 6.45) is 4.26. The lowest BCUT2D eigenvalue weighted by Gasteiger charge is -2.52. The maximum absolute atomic E-state index is 14.7. The molecule has 3 aliphatic rings. The van der Waals surface area contributed by atoms with Gasteiger partial charge in [-0.05, 0) is 64.2 Å². The average Bonchev–Trinajstić information content (AvgIpc) is 3.26. The number of para-hydroxylation sites is 1. The van der Waals surface area contributed by atoms with Gasteiger partial charge in [-0.15, -0.1) is 0 Å². The van der Waals surface area contributed by atoms with Gasteiger partial charge in [0.15, 0.2) is 0 Å². The molecule has 228 valence electrons. The Hall–Kier alpha value is -5.39. The van der Waals surface area contributed by atoms with E-state index in [2.05, 4.69) is 95.9 Å². The van der Waals surface area contributed by atoms with Crippen LogP contribution in [0, 0.1) is 6.92 Å². The number of aryl methyl sites for hydroxylation is 1. The van der Waals surface area contributed by atoms with E-state index in [0.29, 0.717) is 5.69 Å². The molecule has 0 bridgehead atoms. The zero-order valence-corrected chi connectivity index (χ0v) is 26.7. The first-order chi connectivity index (χ1) is 23.0. The van der Waals surface area contributed by atoms with Gasteiger partial charge in [0.25, 0.3) is 10.0 Å². The molecule has 2 aliphatic heterocycles. The minimum absolute atomic E-state index is 0.144. The quantitative estimate of drug-likeness (QED) is 0.195. The SMILES string of the molecule is Cc1ccc(S(=O)(=O)N2C=C(c3ccccc3)N3C(c4ccc5ccccc5c4)=CC4c5ccccc5C4C3c3ccccc32)cc1. The van der Waals surface area contributed by atoms with Gasteiger partial charge < -0.3 is 4.90 Å². The van der Waals surface area contributed by atoms with Gasteiger partial charge in [-0.1, -0.05) is 133 Å². The Morgan fingerprint density at radius 2 is 1.23 bits per heavy atom. The Labute approximate surface area is 275 Å². The molecule has 5 heteroatoms. The van der Waals surface area contributed by atoms with Crippen LogP contribution in [-0.2, 0) is 10.0 Å². The molecule has 0 fully saturated rings. The van der Waals surface area contributed by atoms with Crippen LogP contribution >= 0.6 is 0 Å². The van der Waals surface area contributed by atoms with Crippen LogP contribution in [-0.4, -0.2) is 13.3 Å². The Kier molecular flexibility index (Phi) is 6.28. The maximum atomic E-state index is 14.7. The van der Waals surface area contributed by atoms with Crippen molar-refractivity contribution >= 4 is 37.9 Å². The van der Waals surface area contributed by atoms with Gasteiger partial charge >= 0.3 is 0 Å². The van der Waals surface area contributed by atoms with Crippen molar-refractivity contribution in [2.75, 3.05) is 4.31 Å². The van der Waals surface area contributed by atoms with E-state index in [4.69, 9.17) is 0 Å². The molecular formula is C42H32N2O2S. The fourth-order valence-electron chi connectivity index (χ4n) is 7.75. The molecule has 0 saturated heterocycles. The monoisotopic (exact) mass is 628 g/mol. The summed E-state index contributed by atoms with van der Waals surface area (Å²) in [5.74, 6) is 0.338. The van der Waals surface area contributed by atoms with Crippen molar-refractivity contribution in [2.45, 2.75) is 29.7 Å². The summed E-state index contributed by atoms with van der Waals surface area (Å²) >= 11 is 0. The lowest BCUT2D eigenvalue weighted by molar-refractivity contribution is 0.286. The summed E-state index contributed by atoms with van der Waals surface area (Å²) in [6.45, 7) is 1.97. The fraction of sp³-hybridized carbons (Fsp3) is 0.0952. The summed E-state index contributed by atoms with van der Waals surface area (Å²) in [5.41, 5.74) is 9.30. The van der Waals surface area contributed by atoms with Gasteiger partial charge in [0.05, 0.1) is 22.3 Å². The molecule has 1 aliphatic carbocycles. The van der Waals surface area contributed by atoms with Gasteiger partial charge in [0.1, 0.15) is 0 Å². The molecule has 47 heavy (non-hydrogen) atoms. The van der Waals surface area contributed by atoms with Gasteiger partial charge in [-0.25, -0.2) is 12.7 Å². The van der Waals surface area contributed by atoms with E-state index in [1.54, 1.807) is 12.1 Å². The first-order valence-electron chi connectivity index (χ1n) is 16.1. The summed E-state index contributed by atoms with van der Waals surface area (Å²) in [4.78, 5) is 2.68. The molecule has 3 atom stereocenters. The van der Waals surface area contributed by atoms with E-state index in [-0.39, 0.29) is 22.8 Å². The number of anilines is 1. The van der Waals surface area contributed by atoms with Crippen LogP contribution in [0.25, 0.3) is 22.2 Å². The highest BCUT2D eigenvalue weighted by molar-refractivity contribution is 7.93. The summed E-state index contributed by atoms with van der Waals surface area (Å²) in [5, 5.41) is 2.36. The third-order valence-corrected chi connectivity index (χ3v) is 11.7. The van der Waals surface area contributed by atoms with Crippen LogP contribution in [0.5, 0.6) is 0 Å². The first kappa shape index (κ1) is 27.9. The van der Waals surface area contributed by atoms with Gasteiger partial charge in [-0.3, -0.25) is 0 Å². The van der Waals surface area contributed by atoms with Crippen molar-refractivity contribution < 1.29 is 8.42 Å². The Morgan fingerprint density at radius 1 is 0.574 bits per heavy atom. The number of fused-ring (bicyclic) bond motifs is 9. The van der Waals surface area contributed by atoms with E-state index in [0.717, 1.165) is 33.6 Å². The molecule has 3 unspecified atom stereocenters. The molecule has 6 aromatic carbocycles. The standard InChI is InChI=1S/C42H32N2O2S/c1-28-19-23-33(24-20-28)47(45,46)43-27-40(30-12-3-2-4-13-30)44-39(32-22-21-29-11-5-6-14-31(29)25-32)26-37-34-15-7-8-16-35(34)41(37)42(44)36-17-9-10-18-38(36)43/h2-27,37,41-42H,1H3. The highest BCUT2D eigenvalue weighted by Crippen LogP contribution is 2.63. The summed E-state index contributed by atoms with van der Waals surface area (Å²) < 4.78 is 30.9. The molecule has 0 N–H and O–H groups in total. The zero-order chi connectivity index (χ0) is 31.7. The zero-order valence-electron chi connectivity index (χ0n) is 25.9. The minimum Gasteiger partial charge on any atom is -0.331 e. The number of allylic oxidation sites excluding steroid dienone is 1. The van der Waals surface area contributed by atoms with Crippen LogP contribution in [0.15, 0.2) is 163 Å². The number of hydrogen-bond acceptors (Lipinski definition) is 3. The molecular weight excluding hydrogens is 597 g/mol. The third kappa shape index (κ3) is 4.30. The third-order valence-electron chi connectivity index (χ3n) is 10.0. The number of hydrogen-bond donors (Lipinski definition) is 0. The second-order valence-electron chi connectivity index (χ2n) is 12.7. The molecule has 9 rings (SSSR count). The fourth-order valence-corrected chi connectivity index (χ4v) is 9.12. The molecule has 0 spiro atoms. The Morgan fingerprint density at radius 3 is 2.02 bits per heavy atom. The van der Waals surface area contributed by atoms with E-state index >= 15 is 0 Å². The molecule has 4 nitrogen and oxygen atoms in total. The van der Waals surface area contributed by atoms with Crippen LogP contribution in [0.4, 0.5) is 5.69 Å². The molecule has 0 amide bonds. The predicted molar refractivity (Wildman–Crippen MR) is 190 cm³/mol. The van der Waals surface area contributed by atoms with Crippen LogP contribution < -0.4 is 4.31 Å². The predicted octanol–water partition coefficient (Wildman–Crippen LogP) is 9.63. The normalized spacial score (nSPS) is 19.7. The number of rotatable bonds is 4.